The maximum Gasteiger partial charge on any atom is 0.166 e. The van der Waals surface area contributed by atoms with Crippen LogP contribution in [0.1, 0.15) is 25.8 Å². The molecule has 0 bridgehead atoms. The van der Waals surface area contributed by atoms with E-state index in [1.165, 1.54) is 12.8 Å². The lowest BCUT2D eigenvalue weighted by Gasteiger charge is -2.28. The van der Waals surface area contributed by atoms with Gasteiger partial charge in [-0.2, -0.15) is 5.10 Å². The van der Waals surface area contributed by atoms with E-state index in [0.717, 1.165) is 64.5 Å². The number of rotatable bonds is 5. The van der Waals surface area contributed by atoms with Crippen LogP contribution >= 0.6 is 0 Å². The molecule has 2 aliphatic rings. The van der Waals surface area contributed by atoms with Gasteiger partial charge in [-0.1, -0.05) is 12.1 Å². The lowest BCUT2D eigenvalue weighted by Crippen LogP contribution is -2.37. The number of ether oxygens (including phenoxy) is 1. The molecule has 1 aromatic carbocycles. The van der Waals surface area contributed by atoms with Crippen molar-refractivity contribution in [2.75, 3.05) is 31.2 Å². The zero-order chi connectivity index (χ0) is 23.4. The largest absolute Gasteiger partial charge is 0.378 e. The number of imidazole rings is 1. The maximum atomic E-state index is 5.63. The highest BCUT2D eigenvalue weighted by molar-refractivity contribution is 5.95. The molecule has 1 aliphatic carbocycles. The molecule has 1 saturated heterocycles. The monoisotopic (exact) mass is 466 g/mol. The number of anilines is 1. The third-order valence-corrected chi connectivity index (χ3v) is 6.92. The number of aryl methyl sites for hydroxylation is 1. The zero-order valence-corrected chi connectivity index (χ0v) is 19.6. The molecule has 0 N–H and O–H groups in total. The molecule has 4 aromatic heterocycles. The normalized spacial score (nSPS) is 16.4. The highest BCUT2D eigenvalue weighted by Crippen LogP contribution is 2.39. The summed E-state index contributed by atoms with van der Waals surface area (Å²) in [4.78, 5) is 21.8. The van der Waals surface area contributed by atoms with Crippen LogP contribution in [0.5, 0.6) is 0 Å². The van der Waals surface area contributed by atoms with Gasteiger partial charge in [0.15, 0.2) is 22.8 Å². The Balaban J connectivity index is 1.48. The highest BCUT2D eigenvalue weighted by Gasteiger charge is 2.27. The van der Waals surface area contributed by atoms with E-state index >= 15 is 0 Å². The molecular weight excluding hydrogens is 440 g/mol. The van der Waals surface area contributed by atoms with Crippen molar-refractivity contribution in [1.82, 2.24) is 34.3 Å². The standard InChI is InChI=1S/C26H26N8O/c1-2-33-24(17-8-10-27-11-9-17)29-22-25(32-12-14-35-15-13-32)30-23(31-26(22)33)19-4-3-5-21-20(19)16-28-34(21)18-6-7-18/h3-5,8-11,16,18H,2,6-7,12-15H2,1H3. The van der Waals surface area contributed by atoms with E-state index < -0.39 is 0 Å². The second-order valence-electron chi connectivity index (χ2n) is 9.12. The van der Waals surface area contributed by atoms with Crippen molar-refractivity contribution in [2.24, 2.45) is 0 Å². The summed E-state index contributed by atoms with van der Waals surface area (Å²) >= 11 is 0. The van der Waals surface area contributed by atoms with Gasteiger partial charge in [-0.3, -0.25) is 9.67 Å². The SMILES string of the molecule is CCn1c(-c2ccncc2)nc2c(N3CCOCC3)nc(-c3cccc4c3cnn4C3CC3)nc21. The summed E-state index contributed by atoms with van der Waals surface area (Å²) in [6.45, 7) is 5.78. The predicted octanol–water partition coefficient (Wildman–Crippen LogP) is 4.10. The number of fused-ring (bicyclic) bond motifs is 2. The molecule has 35 heavy (non-hydrogen) atoms. The number of morpholine rings is 1. The first kappa shape index (κ1) is 20.5. The van der Waals surface area contributed by atoms with E-state index in [-0.39, 0.29) is 0 Å². The van der Waals surface area contributed by atoms with Gasteiger partial charge in [-0.25, -0.2) is 15.0 Å². The summed E-state index contributed by atoms with van der Waals surface area (Å²) in [6, 6.07) is 10.8. The van der Waals surface area contributed by atoms with Gasteiger partial charge in [0.1, 0.15) is 5.82 Å². The molecule has 0 unspecified atom stereocenters. The Bertz CT molecular complexity index is 1530. The van der Waals surface area contributed by atoms with Gasteiger partial charge in [-0.15, -0.1) is 0 Å². The van der Waals surface area contributed by atoms with Crippen molar-refractivity contribution < 1.29 is 4.74 Å². The molecule has 1 aliphatic heterocycles. The fraction of sp³-hybridized carbons (Fsp3) is 0.346. The third-order valence-electron chi connectivity index (χ3n) is 6.92. The molecule has 9 heteroatoms. The van der Waals surface area contributed by atoms with Gasteiger partial charge in [0, 0.05) is 48.5 Å². The predicted molar refractivity (Wildman–Crippen MR) is 134 cm³/mol. The fourth-order valence-electron chi connectivity index (χ4n) is 5.00. The maximum absolute atomic E-state index is 5.63. The van der Waals surface area contributed by atoms with Gasteiger partial charge in [0.25, 0.3) is 0 Å². The molecule has 0 atom stereocenters. The van der Waals surface area contributed by atoms with E-state index in [9.17, 15) is 0 Å². The number of pyridine rings is 1. The van der Waals surface area contributed by atoms with E-state index in [1.807, 2.05) is 18.3 Å². The molecule has 9 nitrogen and oxygen atoms in total. The van der Waals surface area contributed by atoms with Gasteiger partial charge in [-0.05, 0) is 38.0 Å². The Kier molecular flexibility index (Phi) is 4.76. The molecular formula is C26H26N8O. The number of nitrogens with zero attached hydrogens (tertiary/aromatic N) is 8. The van der Waals surface area contributed by atoms with Crippen molar-refractivity contribution in [3.63, 3.8) is 0 Å². The zero-order valence-electron chi connectivity index (χ0n) is 19.6. The third kappa shape index (κ3) is 3.37. The first-order valence-corrected chi connectivity index (χ1v) is 12.3. The Morgan fingerprint density at radius 1 is 1.00 bits per heavy atom. The van der Waals surface area contributed by atoms with E-state index in [2.05, 4.69) is 44.3 Å². The second kappa shape index (κ2) is 8.13. The average molecular weight is 467 g/mol. The van der Waals surface area contributed by atoms with E-state index in [4.69, 9.17) is 24.8 Å². The van der Waals surface area contributed by atoms with Crippen LogP contribution in [0, 0.1) is 0 Å². The van der Waals surface area contributed by atoms with Crippen molar-refractivity contribution in [1.29, 1.82) is 0 Å². The molecule has 5 heterocycles. The Morgan fingerprint density at radius 3 is 2.60 bits per heavy atom. The van der Waals surface area contributed by atoms with Crippen LogP contribution in [0.2, 0.25) is 0 Å². The van der Waals surface area contributed by atoms with Crippen molar-refractivity contribution in [3.8, 4) is 22.8 Å². The summed E-state index contributed by atoms with van der Waals surface area (Å²) in [6.07, 6.45) is 7.94. The molecule has 176 valence electrons. The average Bonchev–Trinajstić information content (AvgIpc) is 3.55. The van der Waals surface area contributed by atoms with Gasteiger partial charge in [0.2, 0.25) is 0 Å². The van der Waals surface area contributed by atoms with Crippen molar-refractivity contribution in [3.05, 3.63) is 48.9 Å². The molecule has 1 saturated carbocycles. The molecule has 0 radical (unpaired) electrons. The minimum Gasteiger partial charge on any atom is -0.378 e. The summed E-state index contributed by atoms with van der Waals surface area (Å²) in [5.41, 5.74) is 4.83. The minimum absolute atomic E-state index is 0.513. The van der Waals surface area contributed by atoms with Gasteiger partial charge >= 0.3 is 0 Å². The fourth-order valence-corrected chi connectivity index (χ4v) is 5.00. The first-order chi connectivity index (χ1) is 17.3. The van der Waals surface area contributed by atoms with Gasteiger partial charge < -0.3 is 14.2 Å². The summed E-state index contributed by atoms with van der Waals surface area (Å²) in [5.74, 6) is 2.45. The summed E-state index contributed by atoms with van der Waals surface area (Å²) < 4.78 is 9.95. The van der Waals surface area contributed by atoms with Crippen LogP contribution < -0.4 is 4.90 Å². The second-order valence-corrected chi connectivity index (χ2v) is 9.12. The number of aromatic nitrogens is 7. The minimum atomic E-state index is 0.513. The molecule has 0 amide bonds. The summed E-state index contributed by atoms with van der Waals surface area (Å²) in [5, 5.41) is 5.79. The number of hydrogen-bond acceptors (Lipinski definition) is 7. The Hall–Kier alpha value is -3.85. The van der Waals surface area contributed by atoms with E-state index in [1.54, 1.807) is 12.4 Å². The van der Waals surface area contributed by atoms with Crippen molar-refractivity contribution >= 4 is 27.9 Å². The molecule has 5 aromatic rings. The van der Waals surface area contributed by atoms with Crippen LogP contribution in [0.25, 0.3) is 44.8 Å². The Morgan fingerprint density at radius 2 is 1.83 bits per heavy atom. The summed E-state index contributed by atoms with van der Waals surface area (Å²) in [7, 11) is 0. The van der Waals surface area contributed by atoms with Crippen LogP contribution in [0.4, 0.5) is 5.82 Å². The molecule has 0 spiro atoms. The highest BCUT2D eigenvalue weighted by atomic mass is 16.5. The topological polar surface area (TPSA) is 86.8 Å². The number of benzene rings is 1. The smallest absolute Gasteiger partial charge is 0.166 e. The van der Waals surface area contributed by atoms with Crippen LogP contribution in [-0.2, 0) is 11.3 Å². The molecule has 2 fully saturated rings. The lowest BCUT2D eigenvalue weighted by atomic mass is 10.1. The first-order valence-electron chi connectivity index (χ1n) is 12.3. The van der Waals surface area contributed by atoms with E-state index in [0.29, 0.717) is 25.1 Å². The Labute approximate surface area is 202 Å². The molecule has 7 rings (SSSR count). The van der Waals surface area contributed by atoms with Crippen molar-refractivity contribution in [2.45, 2.75) is 32.4 Å². The van der Waals surface area contributed by atoms with Crippen LogP contribution in [0.3, 0.4) is 0 Å². The lowest BCUT2D eigenvalue weighted by molar-refractivity contribution is 0.122. The number of hydrogen-bond donors (Lipinski definition) is 0. The van der Waals surface area contributed by atoms with Crippen LogP contribution in [0.15, 0.2) is 48.9 Å². The quantitative estimate of drug-likeness (QED) is 0.385. The van der Waals surface area contributed by atoms with Crippen LogP contribution in [-0.4, -0.2) is 60.6 Å². The van der Waals surface area contributed by atoms with Gasteiger partial charge in [0.05, 0.1) is 31.0 Å².